The Kier molecular flexibility index (Phi) is 2.86. The van der Waals surface area contributed by atoms with Crippen LogP contribution in [0.15, 0.2) is 18.2 Å². The molecule has 2 aliphatic heterocycles. The van der Waals surface area contributed by atoms with Crippen LogP contribution in [0.25, 0.3) is 0 Å². The molecule has 0 bridgehead atoms. The molecule has 5 heteroatoms. The first-order chi connectivity index (χ1) is 9.19. The fourth-order valence-electron chi connectivity index (χ4n) is 3.05. The third kappa shape index (κ3) is 2.03. The summed E-state index contributed by atoms with van der Waals surface area (Å²) >= 11 is 0. The Morgan fingerprint density at radius 2 is 2.26 bits per heavy atom. The number of nitriles is 1. The van der Waals surface area contributed by atoms with E-state index in [4.69, 9.17) is 5.26 Å². The van der Waals surface area contributed by atoms with Gasteiger partial charge in [0.25, 0.3) is 0 Å². The van der Waals surface area contributed by atoms with Gasteiger partial charge in [-0.05, 0) is 24.5 Å². The Balaban J connectivity index is 1.82. The topological polar surface area (TPSA) is 60.2 Å². The number of anilines is 1. The van der Waals surface area contributed by atoms with Crippen molar-refractivity contribution in [2.24, 2.45) is 11.8 Å². The van der Waals surface area contributed by atoms with Gasteiger partial charge in [0, 0.05) is 26.7 Å². The number of hydrogen-bond donors (Lipinski definition) is 0. The van der Waals surface area contributed by atoms with Crippen LogP contribution in [0, 0.1) is 23.2 Å². The van der Waals surface area contributed by atoms with Crippen LogP contribution in [-0.2, 0) is 4.79 Å². The van der Waals surface area contributed by atoms with E-state index in [2.05, 4.69) is 16.0 Å². The zero-order chi connectivity index (χ0) is 13.4. The Hall–Kier alpha value is -2.09. The van der Waals surface area contributed by atoms with Crippen LogP contribution in [0.5, 0.6) is 0 Å². The average Bonchev–Trinajstić information content (AvgIpc) is 2.88. The van der Waals surface area contributed by atoms with Gasteiger partial charge in [0.05, 0.1) is 5.92 Å². The summed E-state index contributed by atoms with van der Waals surface area (Å²) in [4.78, 5) is 20.4. The van der Waals surface area contributed by atoms with Gasteiger partial charge in [0.2, 0.25) is 5.91 Å². The standard InChI is InChI=1S/C14H16N4O/c1-17-6-5-10-8-18(9-12(10)14(17)19)13-4-2-3-11(7-15)16-13/h2-4,10,12H,5-6,8-9H2,1H3/t10-,12+/m1/s1. The smallest absolute Gasteiger partial charge is 0.227 e. The van der Waals surface area contributed by atoms with Crippen molar-refractivity contribution >= 4 is 11.7 Å². The maximum atomic E-state index is 12.1. The first kappa shape index (κ1) is 12.0. The van der Waals surface area contributed by atoms with Gasteiger partial charge in [-0.25, -0.2) is 4.98 Å². The predicted octanol–water partition coefficient (Wildman–Crippen LogP) is 0.868. The second-order valence-corrected chi connectivity index (χ2v) is 5.31. The second-order valence-electron chi connectivity index (χ2n) is 5.31. The molecule has 3 rings (SSSR count). The molecule has 1 aromatic heterocycles. The van der Waals surface area contributed by atoms with E-state index in [1.165, 1.54) is 0 Å². The van der Waals surface area contributed by atoms with Crippen molar-refractivity contribution in [1.29, 1.82) is 5.26 Å². The summed E-state index contributed by atoms with van der Waals surface area (Å²) in [6.07, 6.45) is 1.06. The van der Waals surface area contributed by atoms with Gasteiger partial charge in [-0.2, -0.15) is 5.26 Å². The van der Waals surface area contributed by atoms with Crippen LogP contribution < -0.4 is 4.90 Å². The number of hydrogen-bond acceptors (Lipinski definition) is 4. The van der Waals surface area contributed by atoms with Gasteiger partial charge in [-0.3, -0.25) is 4.79 Å². The van der Waals surface area contributed by atoms with Crippen LogP contribution in [-0.4, -0.2) is 42.5 Å². The van der Waals surface area contributed by atoms with Gasteiger partial charge in [-0.15, -0.1) is 0 Å². The molecule has 3 heterocycles. The van der Waals surface area contributed by atoms with Crippen molar-refractivity contribution in [2.75, 3.05) is 31.6 Å². The number of carbonyl (C=O) groups is 1. The molecule has 1 aromatic rings. The largest absolute Gasteiger partial charge is 0.355 e. The van der Waals surface area contributed by atoms with Crippen molar-refractivity contribution < 1.29 is 4.79 Å². The number of aromatic nitrogens is 1. The molecule has 0 aromatic carbocycles. The molecule has 5 nitrogen and oxygen atoms in total. The van der Waals surface area contributed by atoms with Gasteiger partial charge in [-0.1, -0.05) is 6.07 Å². The Labute approximate surface area is 112 Å². The number of rotatable bonds is 1. The predicted molar refractivity (Wildman–Crippen MR) is 70.4 cm³/mol. The number of piperidine rings is 1. The first-order valence-electron chi connectivity index (χ1n) is 6.56. The molecule has 19 heavy (non-hydrogen) atoms. The zero-order valence-electron chi connectivity index (χ0n) is 10.9. The van der Waals surface area contributed by atoms with Gasteiger partial charge >= 0.3 is 0 Å². The summed E-state index contributed by atoms with van der Waals surface area (Å²) in [5, 5.41) is 8.90. The number of pyridine rings is 1. The molecule has 2 saturated heterocycles. The molecule has 1 amide bonds. The molecule has 0 N–H and O–H groups in total. The number of likely N-dealkylation sites (tertiary alicyclic amines) is 1. The highest BCUT2D eigenvalue weighted by atomic mass is 16.2. The Bertz CT molecular complexity index is 551. The SMILES string of the molecule is CN1CC[C@@H]2CN(c3cccc(C#N)n3)C[C@@H]2C1=O. The van der Waals surface area contributed by atoms with E-state index in [0.717, 1.165) is 31.9 Å². The minimum absolute atomic E-state index is 0.0892. The molecular formula is C14H16N4O. The van der Waals surface area contributed by atoms with E-state index in [0.29, 0.717) is 11.6 Å². The third-order valence-corrected chi connectivity index (χ3v) is 4.14. The van der Waals surface area contributed by atoms with Crippen molar-refractivity contribution in [3.63, 3.8) is 0 Å². The lowest BCUT2D eigenvalue weighted by Crippen LogP contribution is -2.42. The van der Waals surface area contributed by atoms with Gasteiger partial charge < -0.3 is 9.80 Å². The zero-order valence-corrected chi connectivity index (χ0v) is 10.9. The maximum absolute atomic E-state index is 12.1. The fraction of sp³-hybridized carbons (Fsp3) is 0.500. The lowest BCUT2D eigenvalue weighted by molar-refractivity contribution is -0.137. The Morgan fingerprint density at radius 3 is 3.05 bits per heavy atom. The quantitative estimate of drug-likeness (QED) is 0.748. The van der Waals surface area contributed by atoms with Gasteiger partial charge in [0.1, 0.15) is 17.6 Å². The normalized spacial score (nSPS) is 26.2. The Morgan fingerprint density at radius 1 is 1.42 bits per heavy atom. The van der Waals surface area contributed by atoms with Crippen molar-refractivity contribution in [1.82, 2.24) is 9.88 Å². The van der Waals surface area contributed by atoms with Crippen molar-refractivity contribution in [3.8, 4) is 6.07 Å². The monoisotopic (exact) mass is 256 g/mol. The molecule has 0 unspecified atom stereocenters. The average molecular weight is 256 g/mol. The van der Waals surface area contributed by atoms with E-state index in [-0.39, 0.29) is 11.8 Å². The molecule has 0 saturated carbocycles. The van der Waals surface area contributed by atoms with Gasteiger partial charge in [0.15, 0.2) is 0 Å². The molecule has 2 atom stereocenters. The second kappa shape index (κ2) is 4.54. The van der Waals surface area contributed by atoms with Crippen LogP contribution in [0.1, 0.15) is 12.1 Å². The molecule has 0 radical (unpaired) electrons. The molecule has 0 spiro atoms. The number of fused-ring (bicyclic) bond motifs is 1. The van der Waals surface area contributed by atoms with E-state index in [1.807, 2.05) is 24.1 Å². The summed E-state index contributed by atoms with van der Waals surface area (Å²) in [6.45, 7) is 2.43. The van der Waals surface area contributed by atoms with Crippen molar-refractivity contribution in [3.05, 3.63) is 23.9 Å². The molecule has 98 valence electrons. The summed E-state index contributed by atoms with van der Waals surface area (Å²) in [7, 11) is 1.87. The van der Waals surface area contributed by atoms with E-state index < -0.39 is 0 Å². The summed E-state index contributed by atoms with van der Waals surface area (Å²) < 4.78 is 0. The fourth-order valence-corrected chi connectivity index (χ4v) is 3.05. The third-order valence-electron chi connectivity index (χ3n) is 4.14. The molecule has 0 aliphatic carbocycles. The highest BCUT2D eigenvalue weighted by molar-refractivity contribution is 5.81. The summed E-state index contributed by atoms with van der Waals surface area (Å²) in [5.74, 6) is 1.57. The summed E-state index contributed by atoms with van der Waals surface area (Å²) in [6, 6.07) is 7.51. The van der Waals surface area contributed by atoms with Crippen molar-refractivity contribution in [2.45, 2.75) is 6.42 Å². The number of carbonyl (C=O) groups excluding carboxylic acids is 1. The van der Waals surface area contributed by atoms with E-state index in [1.54, 1.807) is 6.07 Å². The van der Waals surface area contributed by atoms with Crippen LogP contribution in [0.4, 0.5) is 5.82 Å². The minimum Gasteiger partial charge on any atom is -0.355 e. The van der Waals surface area contributed by atoms with E-state index >= 15 is 0 Å². The lowest BCUT2D eigenvalue weighted by atomic mass is 9.88. The maximum Gasteiger partial charge on any atom is 0.227 e. The molecular weight excluding hydrogens is 240 g/mol. The minimum atomic E-state index is 0.0892. The molecule has 2 fully saturated rings. The van der Waals surface area contributed by atoms with Crippen LogP contribution in [0.2, 0.25) is 0 Å². The van der Waals surface area contributed by atoms with E-state index in [9.17, 15) is 4.79 Å². The van der Waals surface area contributed by atoms with Crippen LogP contribution >= 0.6 is 0 Å². The first-order valence-corrected chi connectivity index (χ1v) is 6.56. The number of amides is 1. The molecule has 2 aliphatic rings. The highest BCUT2D eigenvalue weighted by Crippen LogP contribution is 2.33. The lowest BCUT2D eigenvalue weighted by Gasteiger charge is -2.30. The number of nitrogens with zero attached hydrogens (tertiary/aromatic N) is 4. The highest BCUT2D eigenvalue weighted by Gasteiger charge is 2.42. The summed E-state index contributed by atoms with van der Waals surface area (Å²) in [5.41, 5.74) is 0.427. The van der Waals surface area contributed by atoms with Crippen LogP contribution in [0.3, 0.4) is 0 Å².